The van der Waals surface area contributed by atoms with Crippen molar-refractivity contribution < 1.29 is 0 Å². The number of rotatable bonds is 4. The topological polar surface area (TPSA) is 38.0 Å². The van der Waals surface area contributed by atoms with Gasteiger partial charge in [-0.15, -0.1) is 11.3 Å². The maximum atomic E-state index is 5.72. The quantitative estimate of drug-likeness (QED) is 0.648. The number of hydrogen-bond donors (Lipinski definition) is 2. The van der Waals surface area contributed by atoms with E-state index in [9.17, 15) is 0 Å². The number of hydrazine groups is 1. The molecule has 102 valence electrons. The molecule has 2 rings (SSSR count). The molecule has 0 aliphatic rings. The van der Waals surface area contributed by atoms with Crippen molar-refractivity contribution in [3.63, 3.8) is 0 Å². The summed E-state index contributed by atoms with van der Waals surface area (Å²) in [6, 6.07) is 8.96. The Kier molecular flexibility index (Phi) is 4.79. The molecule has 1 atom stereocenters. The summed E-state index contributed by atoms with van der Waals surface area (Å²) in [4.78, 5) is 1.27. The van der Waals surface area contributed by atoms with Gasteiger partial charge in [-0.2, -0.15) is 0 Å². The van der Waals surface area contributed by atoms with Crippen molar-refractivity contribution in [1.29, 1.82) is 0 Å². The number of nitrogens with two attached hydrogens (primary N) is 1. The van der Waals surface area contributed by atoms with Crippen molar-refractivity contribution in [2.45, 2.75) is 33.2 Å². The molecule has 0 amide bonds. The lowest BCUT2D eigenvalue weighted by Gasteiger charge is -2.15. The van der Waals surface area contributed by atoms with E-state index in [2.05, 4.69) is 66.4 Å². The Hall–Kier alpha value is -0.680. The molecule has 0 aliphatic carbocycles. The largest absolute Gasteiger partial charge is 0.271 e. The minimum Gasteiger partial charge on any atom is -0.271 e. The van der Waals surface area contributed by atoms with Gasteiger partial charge in [0, 0.05) is 4.88 Å². The molecule has 1 unspecified atom stereocenters. The predicted octanol–water partition coefficient (Wildman–Crippen LogP) is 4.18. The molecule has 0 aliphatic heterocycles. The molecule has 19 heavy (non-hydrogen) atoms. The van der Waals surface area contributed by atoms with E-state index in [1.54, 1.807) is 11.3 Å². The summed E-state index contributed by atoms with van der Waals surface area (Å²) in [7, 11) is 0. The molecule has 2 nitrogen and oxygen atoms in total. The van der Waals surface area contributed by atoms with Crippen molar-refractivity contribution in [2.24, 2.45) is 5.84 Å². The summed E-state index contributed by atoms with van der Waals surface area (Å²) in [6.45, 7) is 6.39. The summed E-state index contributed by atoms with van der Waals surface area (Å²) in [5.74, 6) is 5.72. The Bertz CT molecular complexity index is 558. The molecule has 0 radical (unpaired) electrons. The second kappa shape index (κ2) is 6.18. The summed E-state index contributed by atoms with van der Waals surface area (Å²) >= 11 is 5.32. The van der Waals surface area contributed by atoms with Crippen LogP contribution in [0.5, 0.6) is 0 Å². The number of benzene rings is 1. The molecule has 0 saturated carbocycles. The smallest absolute Gasteiger partial charge is 0.0731 e. The van der Waals surface area contributed by atoms with E-state index >= 15 is 0 Å². The lowest BCUT2D eigenvalue weighted by atomic mass is 10.0. The fraction of sp³-hybridized carbons (Fsp3) is 0.333. The van der Waals surface area contributed by atoms with Gasteiger partial charge in [0.1, 0.15) is 0 Å². The van der Waals surface area contributed by atoms with Crippen molar-refractivity contribution in [3.8, 4) is 0 Å². The van der Waals surface area contributed by atoms with Crippen LogP contribution in [0.4, 0.5) is 0 Å². The maximum Gasteiger partial charge on any atom is 0.0731 e. The number of halogens is 1. The minimum atomic E-state index is 0.164. The van der Waals surface area contributed by atoms with Gasteiger partial charge in [0.05, 0.1) is 9.83 Å². The Labute approximate surface area is 127 Å². The van der Waals surface area contributed by atoms with E-state index < -0.39 is 0 Å². The Morgan fingerprint density at radius 1 is 1.16 bits per heavy atom. The van der Waals surface area contributed by atoms with Gasteiger partial charge >= 0.3 is 0 Å². The van der Waals surface area contributed by atoms with Gasteiger partial charge in [-0.3, -0.25) is 11.3 Å². The average Bonchev–Trinajstić information content (AvgIpc) is 2.71. The summed E-state index contributed by atoms with van der Waals surface area (Å²) < 4.78 is 1.18. The zero-order valence-corrected chi connectivity index (χ0v) is 13.9. The number of nitrogens with one attached hydrogen (secondary N) is 1. The van der Waals surface area contributed by atoms with Gasteiger partial charge in [0.15, 0.2) is 0 Å². The second-order valence-corrected chi connectivity index (χ2v) is 7.35. The number of aryl methyl sites for hydroxylation is 3. The van der Waals surface area contributed by atoms with E-state index in [1.165, 1.54) is 30.9 Å². The van der Waals surface area contributed by atoms with Crippen LogP contribution in [0.15, 0.2) is 28.1 Å². The number of thiophene rings is 1. The summed E-state index contributed by atoms with van der Waals surface area (Å²) in [6.07, 6.45) is 0.907. The Morgan fingerprint density at radius 2 is 1.89 bits per heavy atom. The van der Waals surface area contributed by atoms with Crippen LogP contribution >= 0.6 is 27.3 Å². The van der Waals surface area contributed by atoms with Crippen LogP contribution in [-0.4, -0.2) is 0 Å². The van der Waals surface area contributed by atoms with Gasteiger partial charge < -0.3 is 0 Å². The zero-order valence-electron chi connectivity index (χ0n) is 11.5. The molecule has 0 saturated heterocycles. The molecule has 0 fully saturated rings. The van der Waals surface area contributed by atoms with E-state index in [0.29, 0.717) is 0 Å². The molecule has 0 bridgehead atoms. The van der Waals surface area contributed by atoms with Gasteiger partial charge in [0.25, 0.3) is 0 Å². The molecule has 1 aromatic carbocycles. The van der Waals surface area contributed by atoms with Crippen LogP contribution < -0.4 is 11.3 Å². The van der Waals surface area contributed by atoms with Crippen molar-refractivity contribution >= 4 is 27.3 Å². The first-order valence-electron chi connectivity index (χ1n) is 6.29. The van der Waals surface area contributed by atoms with Gasteiger partial charge in [0.2, 0.25) is 0 Å². The zero-order chi connectivity index (χ0) is 14.0. The fourth-order valence-electron chi connectivity index (χ4n) is 2.06. The normalized spacial score (nSPS) is 12.7. The molecule has 3 N–H and O–H groups in total. The highest BCUT2D eigenvalue weighted by atomic mass is 79.9. The second-order valence-electron chi connectivity index (χ2n) is 4.95. The molecule has 4 heteroatoms. The summed E-state index contributed by atoms with van der Waals surface area (Å²) in [5.41, 5.74) is 8.17. The third kappa shape index (κ3) is 3.45. The van der Waals surface area contributed by atoms with Crippen LogP contribution in [0.1, 0.15) is 33.2 Å². The van der Waals surface area contributed by atoms with Gasteiger partial charge in [-0.05, 0) is 71.4 Å². The van der Waals surface area contributed by atoms with Crippen LogP contribution in [0, 0.1) is 20.8 Å². The van der Waals surface area contributed by atoms with Crippen LogP contribution in [0.3, 0.4) is 0 Å². The van der Waals surface area contributed by atoms with E-state index in [4.69, 9.17) is 5.84 Å². The minimum absolute atomic E-state index is 0.164. The van der Waals surface area contributed by atoms with E-state index in [1.807, 2.05) is 0 Å². The molecular weight excluding hydrogens is 320 g/mol. The summed E-state index contributed by atoms with van der Waals surface area (Å²) in [5, 5.41) is 0. The fourth-order valence-corrected chi connectivity index (χ4v) is 3.69. The first-order chi connectivity index (χ1) is 9.01. The highest BCUT2D eigenvalue weighted by molar-refractivity contribution is 9.11. The van der Waals surface area contributed by atoms with Gasteiger partial charge in [-0.25, -0.2) is 0 Å². The molecule has 0 spiro atoms. The SMILES string of the molecule is Cc1ccc(CC(NN)c2cc(C)c(Br)s2)cc1C. The predicted molar refractivity (Wildman–Crippen MR) is 86.4 cm³/mol. The third-order valence-electron chi connectivity index (χ3n) is 3.43. The lowest BCUT2D eigenvalue weighted by molar-refractivity contribution is 0.560. The van der Waals surface area contributed by atoms with Crippen molar-refractivity contribution in [2.75, 3.05) is 0 Å². The number of hydrogen-bond acceptors (Lipinski definition) is 3. The molecular formula is C15H19BrN2S. The molecule has 1 heterocycles. The van der Waals surface area contributed by atoms with Gasteiger partial charge in [-0.1, -0.05) is 18.2 Å². The first kappa shape index (κ1) is 14.7. The average molecular weight is 339 g/mol. The van der Waals surface area contributed by atoms with Crippen molar-refractivity contribution in [1.82, 2.24) is 5.43 Å². The van der Waals surface area contributed by atoms with Crippen LogP contribution in [-0.2, 0) is 6.42 Å². The molecule has 1 aromatic heterocycles. The Morgan fingerprint density at radius 3 is 2.42 bits per heavy atom. The lowest BCUT2D eigenvalue weighted by Crippen LogP contribution is -2.29. The third-order valence-corrected chi connectivity index (χ3v) is 5.68. The molecule has 2 aromatic rings. The standard InChI is InChI=1S/C15H19BrN2S/c1-9-4-5-12(6-10(9)2)8-13(18-17)14-7-11(3)15(16)19-14/h4-7,13,18H,8,17H2,1-3H3. The monoisotopic (exact) mass is 338 g/mol. The maximum absolute atomic E-state index is 5.72. The van der Waals surface area contributed by atoms with Crippen LogP contribution in [0.2, 0.25) is 0 Å². The van der Waals surface area contributed by atoms with Crippen LogP contribution in [0.25, 0.3) is 0 Å². The van der Waals surface area contributed by atoms with Crippen molar-refractivity contribution in [3.05, 3.63) is 55.2 Å². The van der Waals surface area contributed by atoms with E-state index in [-0.39, 0.29) is 6.04 Å². The highest BCUT2D eigenvalue weighted by Gasteiger charge is 2.14. The first-order valence-corrected chi connectivity index (χ1v) is 7.90. The van der Waals surface area contributed by atoms with E-state index in [0.717, 1.165) is 6.42 Å². The highest BCUT2D eigenvalue weighted by Crippen LogP contribution is 2.32. The Balaban J connectivity index is 2.21.